The molecule has 1 aromatic carbocycles. The van der Waals surface area contributed by atoms with Crippen LogP contribution in [0.25, 0.3) is 0 Å². The zero-order valence-corrected chi connectivity index (χ0v) is 14.1. The lowest BCUT2D eigenvalue weighted by atomic mass is 10.2. The monoisotopic (exact) mass is 399 g/mol. The van der Waals surface area contributed by atoms with Gasteiger partial charge >= 0.3 is 0 Å². The quantitative estimate of drug-likeness (QED) is 0.634. The van der Waals surface area contributed by atoms with E-state index >= 15 is 0 Å². The van der Waals surface area contributed by atoms with E-state index in [1.807, 2.05) is 0 Å². The molecule has 1 aliphatic heterocycles. The molecule has 2 rings (SSSR count). The van der Waals surface area contributed by atoms with Crippen molar-refractivity contribution >= 4 is 50.0 Å². The van der Waals surface area contributed by atoms with Gasteiger partial charge in [0.25, 0.3) is 5.91 Å². The van der Waals surface area contributed by atoms with Crippen molar-refractivity contribution in [1.82, 2.24) is 4.72 Å². The van der Waals surface area contributed by atoms with Gasteiger partial charge in [-0.1, -0.05) is 0 Å². The number of amides is 1. The predicted molar refractivity (Wildman–Crippen MR) is 84.4 cm³/mol. The Balaban J connectivity index is 0.00000220. The number of nitrogens with two attached hydrogens (primary N) is 1. The van der Waals surface area contributed by atoms with Crippen LogP contribution in [0.5, 0.6) is 5.75 Å². The fourth-order valence-corrected chi connectivity index (χ4v) is 3.80. The molecule has 0 fully saturated rings. The minimum atomic E-state index is -3.66. The summed E-state index contributed by atoms with van der Waals surface area (Å²) in [6.07, 6.45) is 0.550. The molecule has 1 heterocycles. The Kier molecular flexibility index (Phi) is 6.41. The van der Waals surface area contributed by atoms with E-state index < -0.39 is 10.0 Å². The molecule has 0 aliphatic carbocycles. The Morgan fingerprint density at radius 2 is 2.14 bits per heavy atom. The Morgan fingerprint density at radius 1 is 1.43 bits per heavy atom. The second-order valence-corrected chi connectivity index (χ2v) is 6.75. The van der Waals surface area contributed by atoms with Crippen molar-refractivity contribution in [2.24, 2.45) is 5.73 Å². The summed E-state index contributed by atoms with van der Waals surface area (Å²) in [5.74, 6) is 0.0491. The van der Waals surface area contributed by atoms with Gasteiger partial charge in [-0.05, 0) is 35.0 Å². The summed E-state index contributed by atoms with van der Waals surface area (Å²) >= 11 is 3.19. The maximum absolute atomic E-state index is 12.2. The number of sulfonamides is 1. The van der Waals surface area contributed by atoms with E-state index in [1.54, 1.807) is 0 Å². The summed E-state index contributed by atoms with van der Waals surface area (Å²) in [6, 6.07) is 2.88. The molecule has 1 aromatic rings. The van der Waals surface area contributed by atoms with E-state index in [9.17, 15) is 13.2 Å². The van der Waals surface area contributed by atoms with Crippen LogP contribution in [-0.4, -0.2) is 34.0 Å². The van der Waals surface area contributed by atoms with Gasteiger partial charge in [0, 0.05) is 17.1 Å². The van der Waals surface area contributed by atoms with Gasteiger partial charge < -0.3 is 15.8 Å². The van der Waals surface area contributed by atoms with Gasteiger partial charge in [0.1, 0.15) is 5.75 Å². The minimum absolute atomic E-state index is 0. The molecule has 10 heteroatoms. The van der Waals surface area contributed by atoms with Crippen LogP contribution in [0.4, 0.5) is 5.69 Å². The zero-order chi connectivity index (χ0) is 14.8. The molecule has 1 amide bonds. The predicted octanol–water partition coefficient (Wildman–Crippen LogP) is 0.829. The number of carbonyl (C=O) groups excluding carboxylic acids is 1. The first-order valence-electron chi connectivity index (χ1n) is 5.90. The van der Waals surface area contributed by atoms with E-state index in [0.29, 0.717) is 28.9 Å². The molecule has 7 nitrogen and oxygen atoms in total. The van der Waals surface area contributed by atoms with Gasteiger partial charge in [0.15, 0.2) is 6.61 Å². The van der Waals surface area contributed by atoms with Crippen molar-refractivity contribution in [2.45, 2.75) is 11.3 Å². The first-order valence-corrected chi connectivity index (χ1v) is 8.17. The second kappa shape index (κ2) is 7.41. The summed E-state index contributed by atoms with van der Waals surface area (Å²) in [7, 11) is -3.66. The summed E-state index contributed by atoms with van der Waals surface area (Å²) < 4.78 is 32.3. The van der Waals surface area contributed by atoms with Crippen molar-refractivity contribution in [3.63, 3.8) is 0 Å². The fourth-order valence-electron chi connectivity index (χ4n) is 1.67. The molecule has 0 aromatic heterocycles. The lowest BCUT2D eigenvalue weighted by Gasteiger charge is -2.19. The molecule has 0 unspecified atom stereocenters. The number of hydrogen-bond donors (Lipinski definition) is 3. The highest BCUT2D eigenvalue weighted by atomic mass is 79.9. The summed E-state index contributed by atoms with van der Waals surface area (Å²) in [5.41, 5.74) is 5.77. The highest BCUT2D eigenvalue weighted by Gasteiger charge is 2.23. The first-order chi connectivity index (χ1) is 9.44. The third-order valence-electron chi connectivity index (χ3n) is 2.63. The van der Waals surface area contributed by atoms with Gasteiger partial charge in [-0.3, -0.25) is 4.79 Å². The third kappa shape index (κ3) is 4.30. The van der Waals surface area contributed by atoms with Crippen LogP contribution in [0, 0.1) is 0 Å². The minimum Gasteiger partial charge on any atom is -0.482 e. The zero-order valence-electron chi connectivity index (χ0n) is 10.9. The molecule has 0 saturated carbocycles. The highest BCUT2D eigenvalue weighted by molar-refractivity contribution is 9.10. The van der Waals surface area contributed by atoms with Crippen LogP contribution in [0.2, 0.25) is 0 Å². The SMILES string of the molecule is Cl.NCCCNS(=O)(=O)c1cc2c(cc1Br)NC(=O)CO2. The lowest BCUT2D eigenvalue weighted by molar-refractivity contribution is -0.118. The number of anilines is 1. The van der Waals surface area contributed by atoms with Crippen LogP contribution in [0.15, 0.2) is 21.5 Å². The fraction of sp³-hybridized carbons (Fsp3) is 0.364. The Bertz CT molecular complexity index is 639. The van der Waals surface area contributed by atoms with Crippen molar-refractivity contribution in [1.29, 1.82) is 0 Å². The average molecular weight is 401 g/mol. The van der Waals surface area contributed by atoms with Crippen molar-refractivity contribution in [2.75, 3.05) is 25.0 Å². The van der Waals surface area contributed by atoms with E-state index in [2.05, 4.69) is 26.0 Å². The number of carbonyl (C=O) groups is 1. The van der Waals surface area contributed by atoms with E-state index in [1.165, 1.54) is 12.1 Å². The number of rotatable bonds is 5. The van der Waals surface area contributed by atoms with Gasteiger partial charge in [-0.15, -0.1) is 12.4 Å². The number of halogens is 2. The molecule has 0 atom stereocenters. The molecule has 0 saturated heterocycles. The molecular formula is C11H15BrClN3O4S. The molecule has 0 radical (unpaired) electrons. The topological polar surface area (TPSA) is 111 Å². The van der Waals surface area contributed by atoms with E-state index in [4.69, 9.17) is 10.5 Å². The van der Waals surface area contributed by atoms with Crippen molar-refractivity contribution < 1.29 is 17.9 Å². The van der Waals surface area contributed by atoms with Gasteiger partial charge in [0.05, 0.1) is 10.6 Å². The molecule has 118 valence electrons. The summed E-state index contributed by atoms with van der Waals surface area (Å²) in [4.78, 5) is 11.3. The number of fused-ring (bicyclic) bond motifs is 1. The van der Waals surface area contributed by atoms with Gasteiger partial charge in [-0.25, -0.2) is 13.1 Å². The van der Waals surface area contributed by atoms with Gasteiger partial charge in [-0.2, -0.15) is 0 Å². The molecular weight excluding hydrogens is 386 g/mol. The van der Waals surface area contributed by atoms with E-state index in [-0.39, 0.29) is 36.4 Å². The van der Waals surface area contributed by atoms with Crippen LogP contribution < -0.4 is 20.5 Å². The molecule has 21 heavy (non-hydrogen) atoms. The maximum atomic E-state index is 12.2. The summed E-state index contributed by atoms with van der Waals surface area (Å²) in [5, 5.41) is 2.61. The lowest BCUT2D eigenvalue weighted by Crippen LogP contribution is -2.28. The van der Waals surface area contributed by atoms with Crippen LogP contribution in [0.3, 0.4) is 0 Å². The maximum Gasteiger partial charge on any atom is 0.262 e. The van der Waals surface area contributed by atoms with Crippen molar-refractivity contribution in [3.8, 4) is 5.75 Å². The second-order valence-electron chi connectivity index (χ2n) is 4.16. The van der Waals surface area contributed by atoms with Crippen LogP contribution in [0.1, 0.15) is 6.42 Å². The highest BCUT2D eigenvalue weighted by Crippen LogP contribution is 2.35. The molecule has 4 N–H and O–H groups in total. The third-order valence-corrected chi connectivity index (χ3v) is 5.05. The average Bonchev–Trinajstić information content (AvgIpc) is 2.37. The Hall–Kier alpha value is -0.870. The normalized spacial score (nSPS) is 13.7. The smallest absolute Gasteiger partial charge is 0.262 e. The standard InChI is InChI=1S/C11H14BrN3O4S.ClH/c12-7-4-8-9(19-6-11(16)15-8)5-10(7)20(17,18)14-3-1-2-13;/h4-5,14H,1-3,6,13H2,(H,15,16);1H. The first kappa shape index (κ1) is 18.2. The van der Waals surface area contributed by atoms with Crippen LogP contribution in [-0.2, 0) is 14.8 Å². The summed E-state index contributed by atoms with van der Waals surface area (Å²) in [6.45, 7) is 0.539. The number of hydrogen-bond acceptors (Lipinski definition) is 5. The van der Waals surface area contributed by atoms with Crippen molar-refractivity contribution in [3.05, 3.63) is 16.6 Å². The van der Waals surface area contributed by atoms with Gasteiger partial charge in [0.2, 0.25) is 10.0 Å². The van der Waals surface area contributed by atoms with Crippen LogP contribution >= 0.6 is 28.3 Å². The number of nitrogens with one attached hydrogen (secondary N) is 2. The molecule has 0 bridgehead atoms. The Labute approximate surface area is 137 Å². The van der Waals surface area contributed by atoms with E-state index in [0.717, 1.165) is 0 Å². The molecule has 0 spiro atoms. The number of benzene rings is 1. The Morgan fingerprint density at radius 3 is 2.81 bits per heavy atom. The largest absolute Gasteiger partial charge is 0.482 e. The molecule has 1 aliphatic rings. The number of ether oxygens (including phenoxy) is 1.